The quantitative estimate of drug-likeness (QED) is 0.548. The number of sulfonamides is 1. The van der Waals surface area contributed by atoms with Gasteiger partial charge in [0.25, 0.3) is 0 Å². The zero-order valence-corrected chi connectivity index (χ0v) is 5.97. The molecule has 0 spiro atoms. The number of primary sulfonamides is 1. The Kier molecular flexibility index (Phi) is 1.93. The van der Waals surface area contributed by atoms with Crippen molar-refractivity contribution >= 4 is 10.0 Å². The Morgan fingerprint density at radius 3 is 2.30 bits per heavy atom. The van der Waals surface area contributed by atoms with Crippen LogP contribution in [0, 0.1) is 0 Å². The van der Waals surface area contributed by atoms with Gasteiger partial charge in [-0.25, -0.2) is 17.9 Å². The fraction of sp³-hybridized carbons (Fsp3) is 1.00. The Balaban J connectivity index is 2.74. The van der Waals surface area contributed by atoms with E-state index >= 15 is 0 Å². The number of nitrogens with two attached hydrogens (primary N) is 1. The number of halogens is 1. The Morgan fingerprint density at radius 2 is 2.10 bits per heavy atom. The standard InChI is InChI=1S/C4H8FNO3S/c5-3-1-9-2-4(3)10(6,7)8/h3-4H,1-2H2,(H2,6,7,8)/t3-,4+/m0/s1. The highest BCUT2D eigenvalue weighted by Crippen LogP contribution is 2.14. The molecule has 0 aromatic rings. The second-order valence-corrected chi connectivity index (χ2v) is 3.96. The maximum Gasteiger partial charge on any atom is 0.217 e. The van der Waals surface area contributed by atoms with Gasteiger partial charge in [-0.15, -0.1) is 0 Å². The van der Waals surface area contributed by atoms with Crippen molar-refractivity contribution in [1.82, 2.24) is 0 Å². The van der Waals surface area contributed by atoms with E-state index in [4.69, 9.17) is 0 Å². The van der Waals surface area contributed by atoms with E-state index < -0.39 is 21.4 Å². The lowest BCUT2D eigenvalue weighted by Gasteiger charge is -2.05. The summed E-state index contributed by atoms with van der Waals surface area (Å²) in [6, 6.07) is 0. The van der Waals surface area contributed by atoms with Crippen molar-refractivity contribution in [2.24, 2.45) is 5.14 Å². The molecule has 1 saturated heterocycles. The molecule has 1 rings (SSSR count). The smallest absolute Gasteiger partial charge is 0.217 e. The van der Waals surface area contributed by atoms with E-state index in [2.05, 4.69) is 9.88 Å². The number of alkyl halides is 1. The van der Waals surface area contributed by atoms with E-state index in [0.29, 0.717) is 0 Å². The Labute approximate surface area is 58.2 Å². The van der Waals surface area contributed by atoms with Gasteiger partial charge in [0.2, 0.25) is 10.0 Å². The van der Waals surface area contributed by atoms with Crippen LogP contribution in [-0.2, 0) is 14.8 Å². The highest BCUT2D eigenvalue weighted by atomic mass is 32.2. The van der Waals surface area contributed by atoms with Gasteiger partial charge in [0, 0.05) is 0 Å². The number of hydrogen-bond donors (Lipinski definition) is 1. The molecule has 6 heteroatoms. The number of hydrogen-bond acceptors (Lipinski definition) is 3. The lowest BCUT2D eigenvalue weighted by Crippen LogP contribution is -2.35. The highest BCUT2D eigenvalue weighted by molar-refractivity contribution is 7.89. The van der Waals surface area contributed by atoms with Gasteiger partial charge in [-0.05, 0) is 0 Å². The molecular formula is C4H8FNO3S. The maximum atomic E-state index is 12.5. The molecule has 1 aliphatic heterocycles. The van der Waals surface area contributed by atoms with E-state index in [-0.39, 0.29) is 13.2 Å². The van der Waals surface area contributed by atoms with Crippen molar-refractivity contribution < 1.29 is 17.5 Å². The van der Waals surface area contributed by atoms with Crippen LogP contribution in [0.2, 0.25) is 0 Å². The molecule has 0 aromatic heterocycles. The molecule has 0 amide bonds. The molecule has 0 unspecified atom stereocenters. The van der Waals surface area contributed by atoms with Gasteiger partial charge in [0.05, 0.1) is 13.2 Å². The second kappa shape index (κ2) is 2.44. The first-order chi connectivity index (χ1) is 4.52. The van der Waals surface area contributed by atoms with Crippen molar-refractivity contribution in [3.05, 3.63) is 0 Å². The average Bonchev–Trinajstić information content (AvgIpc) is 2.11. The molecule has 0 radical (unpaired) electrons. The lowest BCUT2D eigenvalue weighted by molar-refractivity contribution is 0.173. The zero-order chi connectivity index (χ0) is 7.78. The summed E-state index contributed by atoms with van der Waals surface area (Å²) in [6.07, 6.45) is -1.46. The van der Waals surface area contributed by atoms with Crippen LogP contribution in [0.25, 0.3) is 0 Å². The van der Waals surface area contributed by atoms with Gasteiger partial charge in [0.15, 0.2) is 0 Å². The third-order valence-corrected chi connectivity index (χ3v) is 2.66. The Morgan fingerprint density at radius 1 is 1.50 bits per heavy atom. The Bertz CT molecular complexity index is 215. The lowest BCUT2D eigenvalue weighted by atomic mass is 10.3. The van der Waals surface area contributed by atoms with Gasteiger partial charge >= 0.3 is 0 Å². The van der Waals surface area contributed by atoms with Crippen LogP contribution in [0.1, 0.15) is 0 Å². The van der Waals surface area contributed by atoms with Crippen LogP contribution in [0.5, 0.6) is 0 Å². The highest BCUT2D eigenvalue weighted by Gasteiger charge is 2.36. The minimum absolute atomic E-state index is 0.125. The SMILES string of the molecule is NS(=O)(=O)[C@@H]1COC[C@@H]1F. The van der Waals surface area contributed by atoms with Crippen LogP contribution in [0.4, 0.5) is 4.39 Å². The summed E-state index contributed by atoms with van der Waals surface area (Å²) in [7, 11) is -3.75. The third-order valence-electron chi connectivity index (χ3n) is 1.38. The van der Waals surface area contributed by atoms with Crippen molar-refractivity contribution in [1.29, 1.82) is 0 Å². The molecular weight excluding hydrogens is 161 g/mol. The molecule has 1 aliphatic rings. The topological polar surface area (TPSA) is 69.4 Å². The minimum Gasteiger partial charge on any atom is -0.377 e. The largest absolute Gasteiger partial charge is 0.377 e. The van der Waals surface area contributed by atoms with Crippen LogP contribution >= 0.6 is 0 Å². The average molecular weight is 169 g/mol. The van der Waals surface area contributed by atoms with Crippen LogP contribution in [0.3, 0.4) is 0 Å². The van der Waals surface area contributed by atoms with E-state index in [0.717, 1.165) is 0 Å². The number of ether oxygens (including phenoxy) is 1. The summed E-state index contributed by atoms with van der Waals surface area (Å²) in [4.78, 5) is 0. The molecule has 10 heavy (non-hydrogen) atoms. The van der Waals surface area contributed by atoms with Gasteiger partial charge in [-0.3, -0.25) is 0 Å². The first kappa shape index (κ1) is 7.90. The van der Waals surface area contributed by atoms with E-state index in [1.54, 1.807) is 0 Å². The predicted octanol–water partition coefficient (Wildman–Crippen LogP) is -0.988. The molecule has 2 N–H and O–H groups in total. The molecule has 2 atom stereocenters. The van der Waals surface area contributed by atoms with Crippen LogP contribution in [0.15, 0.2) is 0 Å². The molecule has 1 fully saturated rings. The zero-order valence-electron chi connectivity index (χ0n) is 5.16. The van der Waals surface area contributed by atoms with Crippen molar-refractivity contribution in [3.63, 3.8) is 0 Å². The molecule has 1 heterocycles. The predicted molar refractivity (Wildman–Crippen MR) is 32.6 cm³/mol. The fourth-order valence-electron chi connectivity index (χ4n) is 0.809. The molecule has 0 bridgehead atoms. The van der Waals surface area contributed by atoms with E-state index in [1.807, 2.05) is 0 Å². The van der Waals surface area contributed by atoms with Crippen LogP contribution < -0.4 is 5.14 Å². The molecule has 4 nitrogen and oxygen atoms in total. The molecule has 0 saturated carbocycles. The van der Waals surface area contributed by atoms with E-state index in [1.165, 1.54) is 0 Å². The summed E-state index contributed by atoms with van der Waals surface area (Å²) < 4.78 is 38.1. The van der Waals surface area contributed by atoms with Crippen LogP contribution in [-0.4, -0.2) is 33.1 Å². The maximum absolute atomic E-state index is 12.5. The summed E-state index contributed by atoms with van der Waals surface area (Å²) in [6.45, 7) is -0.291. The van der Waals surface area contributed by atoms with Gasteiger partial charge in [-0.2, -0.15) is 0 Å². The van der Waals surface area contributed by atoms with Crippen molar-refractivity contribution in [2.45, 2.75) is 11.4 Å². The molecule has 60 valence electrons. The third kappa shape index (κ3) is 1.44. The number of rotatable bonds is 1. The van der Waals surface area contributed by atoms with E-state index in [9.17, 15) is 12.8 Å². The van der Waals surface area contributed by atoms with Gasteiger partial charge < -0.3 is 4.74 Å². The molecule has 0 aromatic carbocycles. The summed E-state index contributed by atoms with van der Waals surface area (Å²) in [5.41, 5.74) is 0. The fourth-order valence-corrected chi connectivity index (χ4v) is 1.59. The van der Waals surface area contributed by atoms with Gasteiger partial charge in [-0.1, -0.05) is 0 Å². The Hall–Kier alpha value is -0.200. The van der Waals surface area contributed by atoms with Crippen molar-refractivity contribution in [3.8, 4) is 0 Å². The summed E-state index contributed by atoms with van der Waals surface area (Å²) in [5.74, 6) is 0. The first-order valence-electron chi connectivity index (χ1n) is 2.75. The monoisotopic (exact) mass is 169 g/mol. The summed E-state index contributed by atoms with van der Waals surface area (Å²) >= 11 is 0. The normalized spacial score (nSPS) is 34.6. The second-order valence-electron chi connectivity index (χ2n) is 2.18. The van der Waals surface area contributed by atoms with Crippen molar-refractivity contribution in [2.75, 3.05) is 13.2 Å². The minimum atomic E-state index is -3.75. The first-order valence-corrected chi connectivity index (χ1v) is 4.36. The summed E-state index contributed by atoms with van der Waals surface area (Å²) in [5, 5.41) is 3.52. The van der Waals surface area contributed by atoms with Gasteiger partial charge in [0.1, 0.15) is 11.4 Å². The molecule has 0 aliphatic carbocycles.